The van der Waals surface area contributed by atoms with Crippen molar-refractivity contribution in [3.8, 4) is 5.75 Å². The largest absolute Gasteiger partial charge is 0.497 e. The van der Waals surface area contributed by atoms with Gasteiger partial charge in [-0.2, -0.15) is 0 Å². The van der Waals surface area contributed by atoms with Gasteiger partial charge in [0.25, 0.3) is 10.0 Å². The highest BCUT2D eigenvalue weighted by molar-refractivity contribution is 7.92. The van der Waals surface area contributed by atoms with Gasteiger partial charge in [0.1, 0.15) is 5.75 Å². The Morgan fingerprint density at radius 3 is 2.30 bits per heavy atom. The molecule has 0 amide bonds. The zero-order valence-corrected chi connectivity index (χ0v) is 12.1. The van der Waals surface area contributed by atoms with E-state index in [0.29, 0.717) is 17.1 Å². The van der Waals surface area contributed by atoms with Gasteiger partial charge in [0, 0.05) is 5.69 Å². The molecule has 0 saturated heterocycles. The van der Waals surface area contributed by atoms with Crippen molar-refractivity contribution >= 4 is 21.4 Å². The lowest BCUT2D eigenvalue weighted by molar-refractivity contribution is 0.414. The smallest absolute Gasteiger partial charge is 0.261 e. The van der Waals surface area contributed by atoms with E-state index in [0.717, 1.165) is 5.56 Å². The van der Waals surface area contributed by atoms with E-state index in [1.165, 1.54) is 19.2 Å². The summed E-state index contributed by atoms with van der Waals surface area (Å²) in [7, 11) is -2.09. The third-order valence-corrected chi connectivity index (χ3v) is 4.25. The van der Waals surface area contributed by atoms with Crippen LogP contribution in [0.2, 0.25) is 0 Å². The summed E-state index contributed by atoms with van der Waals surface area (Å²) < 4.78 is 32.1. The van der Waals surface area contributed by atoms with Crippen LogP contribution in [-0.2, 0) is 10.0 Å². The predicted octanol–water partition coefficient (Wildman–Crippen LogP) is 2.39. The van der Waals surface area contributed by atoms with Crippen molar-refractivity contribution in [3.05, 3.63) is 48.0 Å². The van der Waals surface area contributed by atoms with Gasteiger partial charge in [-0.05, 0) is 55.0 Å². The zero-order valence-electron chi connectivity index (χ0n) is 11.3. The van der Waals surface area contributed by atoms with E-state index in [4.69, 9.17) is 10.5 Å². The number of sulfonamides is 1. The highest BCUT2D eigenvalue weighted by Crippen LogP contribution is 2.22. The molecule has 0 aliphatic heterocycles. The molecule has 6 heteroatoms. The average Bonchev–Trinajstić information content (AvgIpc) is 2.42. The molecule has 0 saturated carbocycles. The number of methoxy groups -OCH3 is 1. The van der Waals surface area contributed by atoms with Gasteiger partial charge >= 0.3 is 0 Å². The van der Waals surface area contributed by atoms with E-state index in [1.54, 1.807) is 37.3 Å². The number of ether oxygens (including phenoxy) is 1. The van der Waals surface area contributed by atoms with Gasteiger partial charge in [0.2, 0.25) is 0 Å². The lowest BCUT2D eigenvalue weighted by atomic mass is 10.2. The van der Waals surface area contributed by atoms with Crippen molar-refractivity contribution in [1.82, 2.24) is 0 Å². The minimum absolute atomic E-state index is 0.175. The van der Waals surface area contributed by atoms with Gasteiger partial charge in [-0.15, -0.1) is 0 Å². The molecule has 2 rings (SSSR count). The monoisotopic (exact) mass is 292 g/mol. The molecule has 0 unspecified atom stereocenters. The minimum atomic E-state index is -3.62. The number of hydrogen-bond acceptors (Lipinski definition) is 4. The van der Waals surface area contributed by atoms with E-state index in [2.05, 4.69) is 4.72 Å². The summed E-state index contributed by atoms with van der Waals surface area (Å²) in [6, 6.07) is 11.2. The summed E-state index contributed by atoms with van der Waals surface area (Å²) in [5.41, 5.74) is 7.51. The second-order valence-electron chi connectivity index (χ2n) is 4.36. The second kappa shape index (κ2) is 5.42. The molecule has 0 fully saturated rings. The average molecular weight is 292 g/mol. The zero-order chi connectivity index (χ0) is 14.8. The molecule has 106 valence electrons. The molecule has 0 aliphatic carbocycles. The van der Waals surface area contributed by atoms with Gasteiger partial charge in [-0.25, -0.2) is 8.42 Å². The van der Waals surface area contributed by atoms with Crippen molar-refractivity contribution in [2.24, 2.45) is 0 Å². The number of nitrogens with one attached hydrogen (secondary N) is 1. The molecule has 0 radical (unpaired) electrons. The number of rotatable bonds is 4. The SMILES string of the molecule is COc1ccc(S(=O)(=O)Nc2ccc(N)cc2C)cc1. The molecule has 0 atom stereocenters. The molecule has 0 aromatic heterocycles. The molecule has 5 nitrogen and oxygen atoms in total. The first kappa shape index (κ1) is 14.2. The molecule has 0 spiro atoms. The maximum Gasteiger partial charge on any atom is 0.261 e. The maximum atomic E-state index is 12.3. The van der Waals surface area contributed by atoms with Crippen LogP contribution in [0.1, 0.15) is 5.56 Å². The summed E-state index contributed by atoms with van der Waals surface area (Å²) in [5.74, 6) is 0.604. The van der Waals surface area contributed by atoms with Crippen LogP contribution in [0, 0.1) is 6.92 Å². The Labute approximate surface area is 118 Å². The Bertz CT molecular complexity index is 710. The normalized spacial score (nSPS) is 11.1. The standard InChI is InChI=1S/C14H16N2O3S/c1-10-9-11(15)3-8-14(10)16-20(17,18)13-6-4-12(19-2)5-7-13/h3-9,16H,15H2,1-2H3. The molecule has 2 aromatic rings. The molecular weight excluding hydrogens is 276 g/mol. The molecule has 0 aliphatic rings. The Hall–Kier alpha value is -2.21. The van der Waals surface area contributed by atoms with Gasteiger partial charge in [-0.1, -0.05) is 0 Å². The van der Waals surface area contributed by atoms with Crippen LogP contribution >= 0.6 is 0 Å². The van der Waals surface area contributed by atoms with Gasteiger partial charge < -0.3 is 10.5 Å². The van der Waals surface area contributed by atoms with Gasteiger partial charge in [0.05, 0.1) is 17.7 Å². The lowest BCUT2D eigenvalue weighted by Crippen LogP contribution is -2.13. The van der Waals surface area contributed by atoms with E-state index < -0.39 is 10.0 Å². The van der Waals surface area contributed by atoms with E-state index in [9.17, 15) is 8.42 Å². The van der Waals surface area contributed by atoms with Crippen molar-refractivity contribution < 1.29 is 13.2 Å². The fourth-order valence-electron chi connectivity index (χ4n) is 1.76. The molecule has 20 heavy (non-hydrogen) atoms. The Morgan fingerprint density at radius 2 is 1.75 bits per heavy atom. The van der Waals surface area contributed by atoms with Crippen molar-refractivity contribution in [2.75, 3.05) is 17.6 Å². The van der Waals surface area contributed by atoms with Gasteiger partial charge in [-0.3, -0.25) is 4.72 Å². The molecule has 2 aromatic carbocycles. The van der Waals surface area contributed by atoms with Crippen molar-refractivity contribution in [2.45, 2.75) is 11.8 Å². The number of nitrogen functional groups attached to an aromatic ring is 1. The van der Waals surface area contributed by atoms with Gasteiger partial charge in [0.15, 0.2) is 0 Å². The summed E-state index contributed by atoms with van der Waals surface area (Å²) in [6.45, 7) is 1.79. The molecule has 0 bridgehead atoms. The van der Waals surface area contributed by atoms with Crippen LogP contribution < -0.4 is 15.2 Å². The lowest BCUT2D eigenvalue weighted by Gasteiger charge is -2.11. The Balaban J connectivity index is 2.30. The number of hydrogen-bond donors (Lipinski definition) is 2. The fraction of sp³-hybridized carbons (Fsp3) is 0.143. The quantitative estimate of drug-likeness (QED) is 0.848. The first-order valence-electron chi connectivity index (χ1n) is 5.95. The summed E-state index contributed by atoms with van der Waals surface area (Å²) in [5, 5.41) is 0. The van der Waals surface area contributed by atoms with Crippen LogP contribution in [0.4, 0.5) is 11.4 Å². The van der Waals surface area contributed by atoms with Crippen molar-refractivity contribution in [3.63, 3.8) is 0 Å². The van der Waals surface area contributed by atoms with E-state index >= 15 is 0 Å². The minimum Gasteiger partial charge on any atom is -0.497 e. The van der Waals surface area contributed by atoms with E-state index in [-0.39, 0.29) is 4.90 Å². The Morgan fingerprint density at radius 1 is 1.10 bits per heavy atom. The summed E-state index contributed by atoms with van der Waals surface area (Å²) in [6.07, 6.45) is 0. The number of anilines is 2. The van der Waals surface area contributed by atoms with E-state index in [1.807, 2.05) is 0 Å². The number of benzene rings is 2. The molecule has 3 N–H and O–H groups in total. The first-order valence-corrected chi connectivity index (χ1v) is 7.44. The van der Waals surface area contributed by atoms with Crippen molar-refractivity contribution in [1.29, 1.82) is 0 Å². The number of nitrogens with two attached hydrogens (primary N) is 1. The topological polar surface area (TPSA) is 81.4 Å². The van der Waals surface area contributed by atoms with Crippen LogP contribution in [0.5, 0.6) is 5.75 Å². The van der Waals surface area contributed by atoms with Crippen LogP contribution in [-0.4, -0.2) is 15.5 Å². The second-order valence-corrected chi connectivity index (χ2v) is 6.04. The summed E-state index contributed by atoms with van der Waals surface area (Å²) in [4.78, 5) is 0.175. The fourth-order valence-corrected chi connectivity index (χ4v) is 2.89. The van der Waals surface area contributed by atoms with Crippen LogP contribution in [0.3, 0.4) is 0 Å². The Kier molecular flexibility index (Phi) is 3.85. The van der Waals surface area contributed by atoms with Crippen LogP contribution in [0.15, 0.2) is 47.4 Å². The maximum absolute atomic E-state index is 12.3. The highest BCUT2D eigenvalue weighted by atomic mass is 32.2. The highest BCUT2D eigenvalue weighted by Gasteiger charge is 2.15. The predicted molar refractivity (Wildman–Crippen MR) is 79.4 cm³/mol. The molecule has 0 heterocycles. The number of aryl methyl sites for hydroxylation is 1. The summed E-state index contributed by atoms with van der Waals surface area (Å²) >= 11 is 0. The third-order valence-electron chi connectivity index (χ3n) is 2.86. The molecular formula is C14H16N2O3S. The van der Waals surface area contributed by atoms with Crippen LogP contribution in [0.25, 0.3) is 0 Å². The first-order chi connectivity index (χ1) is 9.42. The third kappa shape index (κ3) is 3.03.